The average molecular weight is 517 g/mol. The van der Waals surface area contributed by atoms with Gasteiger partial charge in [-0.25, -0.2) is 0 Å². The van der Waals surface area contributed by atoms with Gasteiger partial charge in [0.05, 0.1) is 24.7 Å². The lowest BCUT2D eigenvalue weighted by molar-refractivity contribution is -0.115. The molecule has 0 atom stereocenters. The summed E-state index contributed by atoms with van der Waals surface area (Å²) in [7, 11) is 1.58. The van der Waals surface area contributed by atoms with Gasteiger partial charge in [0, 0.05) is 18.3 Å². The van der Waals surface area contributed by atoms with Gasteiger partial charge in [-0.3, -0.25) is 9.48 Å². The summed E-state index contributed by atoms with van der Waals surface area (Å²) in [6, 6.07) is 11.6. The second-order valence-electron chi connectivity index (χ2n) is 7.86. The zero-order valence-corrected chi connectivity index (χ0v) is 21.1. The minimum atomic E-state index is -0.472. The molecule has 10 nitrogen and oxygen atoms in total. The third kappa shape index (κ3) is 6.15. The number of aromatic nitrogens is 3. The lowest BCUT2D eigenvalue weighted by Crippen LogP contribution is -2.20. The number of rotatable bonds is 11. The predicted octanol–water partition coefficient (Wildman–Crippen LogP) is 3.91. The normalized spacial score (nSPS) is 10.5. The van der Waals surface area contributed by atoms with Crippen LogP contribution in [0.15, 0.2) is 52.1 Å². The van der Waals surface area contributed by atoms with Crippen LogP contribution in [0.2, 0.25) is 0 Å². The molecular formula is C26H24N6O4S. The van der Waals surface area contributed by atoms with E-state index in [0.717, 1.165) is 28.0 Å². The van der Waals surface area contributed by atoms with Gasteiger partial charge in [0.25, 0.3) is 5.91 Å². The van der Waals surface area contributed by atoms with E-state index >= 15 is 0 Å². The van der Waals surface area contributed by atoms with Crippen LogP contribution < -0.4 is 19.5 Å². The highest BCUT2D eigenvalue weighted by Gasteiger charge is 2.17. The SMILES string of the molecule is C#CC(=O)NCc1cnn(Cc2cc(OC)c3c(NSc4cc(CC)ccc4OCC#N)noc3c2)c1. The molecule has 0 aliphatic heterocycles. The van der Waals surface area contributed by atoms with Crippen molar-refractivity contribution >= 4 is 34.6 Å². The van der Waals surface area contributed by atoms with Crippen LogP contribution in [0.4, 0.5) is 5.82 Å². The van der Waals surface area contributed by atoms with E-state index in [1.165, 1.54) is 11.9 Å². The molecule has 188 valence electrons. The Kier molecular flexibility index (Phi) is 8.18. The number of methoxy groups -OCH3 is 1. The van der Waals surface area contributed by atoms with Crippen molar-refractivity contribution in [1.29, 1.82) is 5.26 Å². The molecule has 0 radical (unpaired) electrons. The van der Waals surface area contributed by atoms with Crippen molar-refractivity contribution in [1.82, 2.24) is 20.3 Å². The molecule has 0 saturated heterocycles. The summed E-state index contributed by atoms with van der Waals surface area (Å²) in [5.41, 5.74) is 3.41. The van der Waals surface area contributed by atoms with Crippen LogP contribution in [0.5, 0.6) is 11.5 Å². The third-order valence-corrected chi connectivity index (χ3v) is 6.23. The molecule has 0 bridgehead atoms. The molecule has 4 rings (SSSR count). The Morgan fingerprint density at radius 3 is 2.86 bits per heavy atom. The lowest BCUT2D eigenvalue weighted by Gasteiger charge is -2.11. The monoisotopic (exact) mass is 516 g/mol. The number of anilines is 1. The van der Waals surface area contributed by atoms with Gasteiger partial charge in [-0.05, 0) is 59.7 Å². The Bertz CT molecular complexity index is 1500. The maximum Gasteiger partial charge on any atom is 0.295 e. The quantitative estimate of drug-likeness (QED) is 0.225. The van der Waals surface area contributed by atoms with E-state index in [0.29, 0.717) is 41.4 Å². The summed E-state index contributed by atoms with van der Waals surface area (Å²) in [4.78, 5) is 12.1. The predicted molar refractivity (Wildman–Crippen MR) is 139 cm³/mol. The van der Waals surface area contributed by atoms with E-state index in [9.17, 15) is 4.79 Å². The number of carbonyl (C=O) groups excluding carboxylic acids is 1. The first-order valence-corrected chi connectivity index (χ1v) is 12.1. The lowest BCUT2D eigenvalue weighted by atomic mass is 10.1. The van der Waals surface area contributed by atoms with Gasteiger partial charge in [0.15, 0.2) is 18.0 Å². The second kappa shape index (κ2) is 11.9. The first-order chi connectivity index (χ1) is 18.0. The fourth-order valence-electron chi connectivity index (χ4n) is 3.60. The Balaban J connectivity index is 1.52. The van der Waals surface area contributed by atoms with Crippen molar-refractivity contribution in [3.8, 4) is 29.9 Å². The Morgan fingerprint density at radius 2 is 2.11 bits per heavy atom. The Labute approximate surface area is 218 Å². The van der Waals surface area contributed by atoms with Gasteiger partial charge < -0.3 is 24.0 Å². The average Bonchev–Trinajstić information content (AvgIpc) is 3.55. The first-order valence-electron chi connectivity index (χ1n) is 11.3. The number of terminal acetylenes is 1. The molecule has 1 amide bonds. The van der Waals surface area contributed by atoms with Crippen LogP contribution in [0, 0.1) is 23.7 Å². The van der Waals surface area contributed by atoms with E-state index in [-0.39, 0.29) is 6.61 Å². The molecule has 11 heteroatoms. The van der Waals surface area contributed by atoms with E-state index < -0.39 is 5.91 Å². The molecule has 0 aliphatic rings. The fourth-order valence-corrected chi connectivity index (χ4v) is 4.39. The number of ether oxygens (including phenoxy) is 2. The molecule has 2 N–H and O–H groups in total. The second-order valence-corrected chi connectivity index (χ2v) is 8.71. The number of fused-ring (bicyclic) bond motifs is 1. The zero-order valence-electron chi connectivity index (χ0n) is 20.3. The van der Waals surface area contributed by atoms with Crippen LogP contribution in [-0.4, -0.2) is 34.6 Å². The van der Waals surface area contributed by atoms with Gasteiger partial charge in [0.2, 0.25) is 0 Å². The number of benzene rings is 2. The summed E-state index contributed by atoms with van der Waals surface area (Å²) in [5, 5.41) is 20.7. The summed E-state index contributed by atoms with van der Waals surface area (Å²) < 4.78 is 21.8. The smallest absolute Gasteiger partial charge is 0.295 e. The number of hydrogen-bond donors (Lipinski definition) is 2. The van der Waals surface area contributed by atoms with Crippen molar-refractivity contribution in [2.75, 3.05) is 18.4 Å². The summed E-state index contributed by atoms with van der Waals surface area (Å²) >= 11 is 1.32. The number of nitrogens with one attached hydrogen (secondary N) is 2. The largest absolute Gasteiger partial charge is 0.496 e. The van der Waals surface area contributed by atoms with Crippen molar-refractivity contribution < 1.29 is 18.8 Å². The highest BCUT2D eigenvalue weighted by Crippen LogP contribution is 2.37. The molecule has 2 aromatic heterocycles. The van der Waals surface area contributed by atoms with Crippen LogP contribution in [0.25, 0.3) is 11.0 Å². The molecule has 0 unspecified atom stereocenters. The van der Waals surface area contributed by atoms with Crippen molar-refractivity contribution in [2.24, 2.45) is 0 Å². The van der Waals surface area contributed by atoms with Crippen LogP contribution in [-0.2, 0) is 24.3 Å². The summed E-state index contributed by atoms with van der Waals surface area (Å²) in [6.45, 7) is 2.78. The number of carbonyl (C=O) groups is 1. The molecule has 0 saturated carbocycles. The maximum atomic E-state index is 11.3. The van der Waals surface area contributed by atoms with Crippen molar-refractivity contribution in [2.45, 2.75) is 31.3 Å². The van der Waals surface area contributed by atoms with Gasteiger partial charge in [0.1, 0.15) is 23.0 Å². The van der Waals surface area contributed by atoms with Crippen LogP contribution >= 0.6 is 11.9 Å². The van der Waals surface area contributed by atoms with Crippen LogP contribution in [0.1, 0.15) is 23.6 Å². The summed E-state index contributed by atoms with van der Waals surface area (Å²) in [5.74, 6) is 3.24. The minimum absolute atomic E-state index is 0.0419. The Morgan fingerprint density at radius 1 is 1.24 bits per heavy atom. The number of hydrogen-bond acceptors (Lipinski definition) is 9. The Hall–Kier alpha value is -4.61. The van der Waals surface area contributed by atoms with Crippen molar-refractivity contribution in [3.63, 3.8) is 0 Å². The van der Waals surface area contributed by atoms with E-state index in [1.54, 1.807) is 18.0 Å². The van der Waals surface area contributed by atoms with E-state index in [1.807, 2.05) is 48.5 Å². The standard InChI is InChI=1S/C26H24N6O4S/c1-4-17-6-7-20(35-9-8-27)23(12-17)37-31-26-25-21(34-3)10-18(11-22(25)36-30-26)15-32-16-19(14-29-32)13-28-24(33)5-2/h2,6-7,10-12,14,16H,4,9,13,15H2,1,3H3,(H,28,33)(H,30,31). The van der Waals surface area contributed by atoms with Gasteiger partial charge in [-0.2, -0.15) is 10.4 Å². The fraction of sp³-hybridized carbons (Fsp3) is 0.231. The van der Waals surface area contributed by atoms with Gasteiger partial charge in [-0.1, -0.05) is 18.1 Å². The summed E-state index contributed by atoms with van der Waals surface area (Å²) in [6.07, 6.45) is 9.44. The van der Waals surface area contributed by atoms with Gasteiger partial charge in [-0.15, -0.1) is 6.42 Å². The molecule has 2 heterocycles. The molecule has 0 aliphatic carbocycles. The number of nitrogens with zero attached hydrogens (tertiary/aromatic N) is 4. The molecule has 2 aromatic carbocycles. The minimum Gasteiger partial charge on any atom is -0.496 e. The van der Waals surface area contributed by atoms with Crippen molar-refractivity contribution in [3.05, 3.63) is 59.4 Å². The first kappa shape index (κ1) is 25.5. The highest BCUT2D eigenvalue weighted by molar-refractivity contribution is 8.00. The number of nitriles is 1. The third-order valence-electron chi connectivity index (χ3n) is 5.40. The van der Waals surface area contributed by atoms with E-state index in [2.05, 4.69) is 27.2 Å². The molecule has 37 heavy (non-hydrogen) atoms. The molecule has 0 fully saturated rings. The maximum absolute atomic E-state index is 11.3. The van der Waals surface area contributed by atoms with E-state index in [4.69, 9.17) is 25.7 Å². The number of aryl methyl sites for hydroxylation is 1. The van der Waals surface area contributed by atoms with Crippen LogP contribution in [0.3, 0.4) is 0 Å². The topological polar surface area (TPSA) is 127 Å². The number of amides is 1. The zero-order chi connectivity index (χ0) is 26.2. The molecule has 4 aromatic rings. The highest BCUT2D eigenvalue weighted by atomic mass is 32.2. The molecule has 0 spiro atoms. The molecular weight excluding hydrogens is 492 g/mol. The van der Waals surface area contributed by atoms with Gasteiger partial charge >= 0.3 is 0 Å².